The van der Waals surface area contributed by atoms with E-state index >= 15 is 0 Å². The Kier molecular flexibility index (Phi) is 6.51. The van der Waals surface area contributed by atoms with Crippen LogP contribution in [0.15, 0.2) is 10.2 Å². The van der Waals surface area contributed by atoms with Gasteiger partial charge in [-0.2, -0.15) is 10.2 Å². The van der Waals surface area contributed by atoms with E-state index in [1.165, 1.54) is 0 Å². The maximum Gasteiger partial charge on any atom is 0.181 e. The maximum atomic E-state index is 13.0. The first kappa shape index (κ1) is 18.3. The summed E-state index contributed by atoms with van der Waals surface area (Å²) in [7, 11) is 0. The smallest absolute Gasteiger partial charge is 0.181 e. The first-order chi connectivity index (χ1) is 9.85. The zero-order chi connectivity index (χ0) is 16.1. The molecular formula is C17H33N3O. The van der Waals surface area contributed by atoms with E-state index in [1.54, 1.807) is 0 Å². The monoisotopic (exact) mass is 295 g/mol. The fourth-order valence-corrected chi connectivity index (χ4v) is 3.10. The summed E-state index contributed by atoms with van der Waals surface area (Å²) in [6.45, 7) is 13.9. The predicted octanol–water partition coefficient (Wildman–Crippen LogP) is 4.55. The second kappa shape index (κ2) is 7.48. The lowest BCUT2D eigenvalue weighted by molar-refractivity contribution is -0.130. The minimum atomic E-state index is -0.426. The highest BCUT2D eigenvalue weighted by molar-refractivity contribution is 5.87. The number of hydrogen-bond acceptors (Lipinski definition) is 4. The van der Waals surface area contributed by atoms with Crippen LogP contribution < -0.4 is 5.32 Å². The van der Waals surface area contributed by atoms with Crippen LogP contribution in [0, 0.1) is 16.7 Å². The lowest BCUT2D eigenvalue weighted by Crippen LogP contribution is -2.44. The molecule has 0 bridgehead atoms. The number of rotatable bonds is 9. The molecule has 21 heavy (non-hydrogen) atoms. The molecule has 2 unspecified atom stereocenters. The average molecular weight is 295 g/mol. The molecule has 0 radical (unpaired) electrons. The molecule has 1 aliphatic rings. The molecule has 1 rings (SSSR count). The van der Waals surface area contributed by atoms with E-state index in [2.05, 4.69) is 57.1 Å². The van der Waals surface area contributed by atoms with Gasteiger partial charge >= 0.3 is 0 Å². The van der Waals surface area contributed by atoms with Gasteiger partial charge in [-0.25, -0.2) is 0 Å². The van der Waals surface area contributed by atoms with Gasteiger partial charge in [-0.1, -0.05) is 67.2 Å². The van der Waals surface area contributed by atoms with Crippen molar-refractivity contribution in [3.8, 4) is 0 Å². The van der Waals surface area contributed by atoms with Crippen LogP contribution >= 0.6 is 0 Å². The van der Waals surface area contributed by atoms with Crippen LogP contribution in [0.2, 0.25) is 0 Å². The van der Waals surface area contributed by atoms with Gasteiger partial charge in [0.25, 0.3) is 0 Å². The minimum absolute atomic E-state index is 0.0441. The third kappa shape index (κ3) is 4.12. The maximum absolute atomic E-state index is 13.0. The van der Waals surface area contributed by atoms with E-state index in [0.29, 0.717) is 6.67 Å². The Hall–Kier alpha value is -0.770. The van der Waals surface area contributed by atoms with E-state index in [4.69, 9.17) is 0 Å². The lowest BCUT2D eigenvalue weighted by atomic mass is 9.63. The van der Waals surface area contributed by atoms with Gasteiger partial charge in [0.1, 0.15) is 6.67 Å². The Labute approximate surface area is 130 Å². The van der Waals surface area contributed by atoms with Gasteiger partial charge in [0.05, 0.1) is 0 Å². The van der Waals surface area contributed by atoms with Crippen molar-refractivity contribution in [2.24, 2.45) is 27.0 Å². The molecule has 0 saturated heterocycles. The minimum Gasteiger partial charge on any atom is -0.295 e. The number of nitrogens with zero attached hydrogens (tertiary/aromatic N) is 2. The molecule has 2 atom stereocenters. The third-order valence-corrected chi connectivity index (χ3v) is 6.03. The van der Waals surface area contributed by atoms with Crippen molar-refractivity contribution in [2.45, 2.75) is 79.8 Å². The van der Waals surface area contributed by atoms with Crippen LogP contribution in [0.4, 0.5) is 0 Å². The first-order valence-corrected chi connectivity index (χ1v) is 8.49. The summed E-state index contributed by atoms with van der Waals surface area (Å²) >= 11 is 0. The van der Waals surface area contributed by atoms with E-state index in [0.717, 1.165) is 32.1 Å². The largest absolute Gasteiger partial charge is 0.295 e. The van der Waals surface area contributed by atoms with Crippen molar-refractivity contribution in [3.63, 3.8) is 0 Å². The molecule has 4 heteroatoms. The number of carbonyl (C=O) groups is 1. The van der Waals surface area contributed by atoms with Crippen molar-refractivity contribution >= 4 is 5.78 Å². The van der Waals surface area contributed by atoms with Crippen molar-refractivity contribution < 1.29 is 4.79 Å². The zero-order valence-corrected chi connectivity index (χ0v) is 14.7. The average Bonchev–Trinajstić information content (AvgIpc) is 3.05. The van der Waals surface area contributed by atoms with Gasteiger partial charge in [0, 0.05) is 5.92 Å². The predicted molar refractivity (Wildman–Crippen MR) is 87.1 cm³/mol. The molecule has 1 N–H and O–H groups in total. The molecule has 0 aromatic heterocycles. The number of carbonyl (C=O) groups excluding carboxylic acids is 1. The normalized spacial score (nSPS) is 20.8. The molecular weight excluding hydrogens is 262 g/mol. The third-order valence-electron chi connectivity index (χ3n) is 6.03. The molecule has 0 amide bonds. The summed E-state index contributed by atoms with van der Waals surface area (Å²) in [5, 5.41) is 11.1. The highest BCUT2D eigenvalue weighted by Crippen LogP contribution is 2.45. The fourth-order valence-electron chi connectivity index (χ4n) is 3.10. The quantitative estimate of drug-likeness (QED) is 0.678. The molecule has 0 saturated carbocycles. The standard InChI is InChI=1S/C17H33N3O/c1-7-16(5,8-2)11-13(17(6,9-3)10-4)14(21)15-18-12-19-20-15/h13,15,18H,7-12H2,1-6H3. The second-order valence-electron chi connectivity index (χ2n) is 7.06. The number of nitrogens with one attached hydrogen (secondary N) is 1. The molecule has 0 spiro atoms. The number of Topliss-reactive ketones (excluding diaryl/α,β-unsaturated/α-hetero) is 1. The number of ketones is 1. The Morgan fingerprint density at radius 2 is 1.71 bits per heavy atom. The number of hydrogen-bond donors (Lipinski definition) is 1. The Bertz CT molecular complexity index is 370. The van der Waals surface area contributed by atoms with E-state index < -0.39 is 6.17 Å². The van der Waals surface area contributed by atoms with Gasteiger partial charge in [0.2, 0.25) is 0 Å². The van der Waals surface area contributed by atoms with Gasteiger partial charge in [0.15, 0.2) is 11.9 Å². The SMILES string of the molecule is CCC(C)(CC)CC(C(=O)C1N=NCN1)C(C)(CC)CC. The van der Waals surface area contributed by atoms with Crippen LogP contribution in [0.5, 0.6) is 0 Å². The van der Waals surface area contributed by atoms with Crippen molar-refractivity contribution in [3.05, 3.63) is 0 Å². The van der Waals surface area contributed by atoms with Gasteiger partial charge in [-0.05, 0) is 17.3 Å². The molecule has 4 nitrogen and oxygen atoms in total. The topological polar surface area (TPSA) is 53.8 Å². The van der Waals surface area contributed by atoms with Crippen molar-refractivity contribution in [2.75, 3.05) is 6.67 Å². The van der Waals surface area contributed by atoms with Gasteiger partial charge < -0.3 is 0 Å². The summed E-state index contributed by atoms with van der Waals surface area (Å²) in [4.78, 5) is 13.0. The van der Waals surface area contributed by atoms with Crippen LogP contribution in [0.3, 0.4) is 0 Å². The molecule has 0 aromatic rings. The lowest BCUT2D eigenvalue weighted by Gasteiger charge is -2.41. The summed E-state index contributed by atoms with van der Waals surface area (Å²) < 4.78 is 0. The summed E-state index contributed by atoms with van der Waals surface area (Å²) in [5.41, 5.74) is 0.268. The van der Waals surface area contributed by atoms with E-state index in [9.17, 15) is 4.79 Å². The first-order valence-electron chi connectivity index (χ1n) is 8.49. The summed E-state index contributed by atoms with van der Waals surface area (Å²) in [5.74, 6) is 0.280. The Morgan fingerprint density at radius 1 is 1.14 bits per heavy atom. The second-order valence-corrected chi connectivity index (χ2v) is 7.06. The molecule has 122 valence electrons. The van der Waals surface area contributed by atoms with Crippen molar-refractivity contribution in [1.29, 1.82) is 0 Å². The van der Waals surface area contributed by atoms with Crippen LogP contribution in [-0.4, -0.2) is 18.6 Å². The zero-order valence-electron chi connectivity index (χ0n) is 14.7. The highest BCUT2D eigenvalue weighted by Gasteiger charge is 2.43. The van der Waals surface area contributed by atoms with Crippen LogP contribution in [-0.2, 0) is 4.79 Å². The molecule has 1 aliphatic heterocycles. The summed E-state index contributed by atoms with van der Waals surface area (Å²) in [6, 6.07) is 0. The summed E-state index contributed by atoms with van der Waals surface area (Å²) in [6.07, 6.45) is 4.78. The van der Waals surface area contributed by atoms with Crippen molar-refractivity contribution in [1.82, 2.24) is 5.32 Å². The molecule has 0 aromatic carbocycles. The Balaban J connectivity index is 3.04. The van der Waals surface area contributed by atoms with Gasteiger partial charge in [-0.3, -0.25) is 10.1 Å². The van der Waals surface area contributed by atoms with Crippen LogP contribution in [0.1, 0.15) is 73.6 Å². The van der Waals surface area contributed by atoms with Gasteiger partial charge in [-0.15, -0.1) is 0 Å². The van der Waals surface area contributed by atoms with E-state index in [-0.39, 0.29) is 22.5 Å². The van der Waals surface area contributed by atoms with Crippen LogP contribution in [0.25, 0.3) is 0 Å². The molecule has 1 heterocycles. The fraction of sp³-hybridized carbons (Fsp3) is 0.941. The molecule has 0 aliphatic carbocycles. The highest BCUT2D eigenvalue weighted by atomic mass is 16.1. The Morgan fingerprint density at radius 3 is 2.10 bits per heavy atom. The van der Waals surface area contributed by atoms with E-state index in [1.807, 2.05) is 0 Å². The number of azo groups is 1. The molecule has 0 fully saturated rings.